The van der Waals surface area contributed by atoms with Crippen molar-refractivity contribution in [3.05, 3.63) is 28.8 Å². The van der Waals surface area contributed by atoms with Crippen molar-refractivity contribution in [1.29, 1.82) is 0 Å². The summed E-state index contributed by atoms with van der Waals surface area (Å²) in [4.78, 5) is 0. The molecule has 1 aliphatic rings. The van der Waals surface area contributed by atoms with Crippen LogP contribution in [-0.4, -0.2) is 11.3 Å². The highest BCUT2D eigenvalue weighted by molar-refractivity contribution is 7.67. The Labute approximate surface area is 197 Å². The van der Waals surface area contributed by atoms with Gasteiger partial charge in [0, 0.05) is 0 Å². The van der Waals surface area contributed by atoms with Gasteiger partial charge in [0.2, 0.25) is 0 Å². The molecule has 0 amide bonds. The van der Waals surface area contributed by atoms with E-state index in [4.69, 9.17) is 0 Å². The lowest BCUT2D eigenvalue weighted by Crippen LogP contribution is -2.22. The van der Waals surface area contributed by atoms with Gasteiger partial charge in [-0.25, -0.2) is 0 Å². The van der Waals surface area contributed by atoms with Crippen molar-refractivity contribution < 1.29 is 0 Å². The van der Waals surface area contributed by atoms with E-state index in [0.29, 0.717) is 0 Å². The van der Waals surface area contributed by atoms with E-state index in [1.807, 2.05) is 10.9 Å². The summed E-state index contributed by atoms with van der Waals surface area (Å²) >= 11 is 0. The van der Waals surface area contributed by atoms with Crippen molar-refractivity contribution in [1.82, 2.24) is 0 Å². The van der Waals surface area contributed by atoms with Crippen molar-refractivity contribution in [2.45, 2.75) is 155 Å². The molecule has 0 N–H and O–H groups in total. The highest BCUT2D eigenvalue weighted by Gasteiger charge is 2.37. The summed E-state index contributed by atoms with van der Waals surface area (Å²) in [6.45, 7) is 11.8. The predicted molar refractivity (Wildman–Crippen MR) is 145 cm³/mol. The third kappa shape index (κ3) is 7.88. The lowest BCUT2D eigenvalue weighted by atomic mass is 9.91. The van der Waals surface area contributed by atoms with E-state index in [-0.39, 0.29) is 7.92 Å². The Bertz CT molecular complexity index is 589. The second-order valence-electron chi connectivity index (χ2n) is 10.1. The second-order valence-corrected chi connectivity index (χ2v) is 12.8. The SMILES string of the molecule is CCCCc1ccc(P2C(CCCC)CCC2CCCC)c(CCCC)c1CCCC. The number of benzene rings is 1. The van der Waals surface area contributed by atoms with Gasteiger partial charge < -0.3 is 0 Å². The number of hydrogen-bond donors (Lipinski definition) is 0. The van der Waals surface area contributed by atoms with Crippen LogP contribution in [0, 0.1) is 0 Å². The van der Waals surface area contributed by atoms with Crippen LogP contribution in [-0.2, 0) is 19.3 Å². The molecule has 2 unspecified atom stereocenters. The summed E-state index contributed by atoms with van der Waals surface area (Å²) < 4.78 is 0. The predicted octanol–water partition coefficient (Wildman–Crippen LogP) is 9.73. The Hall–Kier alpha value is -0.350. The number of unbranched alkanes of at least 4 members (excludes halogenated alkanes) is 5. The molecule has 178 valence electrons. The minimum Gasteiger partial charge on any atom is -0.0686 e. The van der Waals surface area contributed by atoms with Crippen LogP contribution >= 0.6 is 7.92 Å². The van der Waals surface area contributed by atoms with Crippen LogP contribution in [0.5, 0.6) is 0 Å². The normalized spacial score (nSPS) is 21.1. The molecule has 31 heavy (non-hydrogen) atoms. The Morgan fingerprint density at radius 3 is 1.61 bits per heavy atom. The molecule has 0 aliphatic carbocycles. The molecule has 0 radical (unpaired) electrons. The molecule has 2 atom stereocenters. The minimum absolute atomic E-state index is 0.0159. The maximum absolute atomic E-state index is 2.67. The van der Waals surface area contributed by atoms with Gasteiger partial charge in [-0.3, -0.25) is 0 Å². The number of aryl methyl sites for hydroxylation is 1. The van der Waals surface area contributed by atoms with Gasteiger partial charge in [0.15, 0.2) is 0 Å². The Morgan fingerprint density at radius 2 is 1.10 bits per heavy atom. The monoisotopic (exact) mass is 444 g/mol. The van der Waals surface area contributed by atoms with Gasteiger partial charge in [-0.15, -0.1) is 0 Å². The molecule has 0 nitrogen and oxygen atoms in total. The highest BCUT2D eigenvalue weighted by Crippen LogP contribution is 2.58. The Balaban J connectivity index is 2.49. The molecule has 0 saturated carbocycles. The van der Waals surface area contributed by atoms with E-state index in [2.05, 4.69) is 46.8 Å². The van der Waals surface area contributed by atoms with Gasteiger partial charge in [-0.2, -0.15) is 0 Å². The van der Waals surface area contributed by atoms with E-state index in [1.165, 1.54) is 109 Å². The molecule has 1 saturated heterocycles. The van der Waals surface area contributed by atoms with Crippen molar-refractivity contribution in [2.24, 2.45) is 0 Å². The molecule has 1 aliphatic heterocycles. The van der Waals surface area contributed by atoms with Crippen LogP contribution in [0.25, 0.3) is 0 Å². The Morgan fingerprint density at radius 1 is 0.613 bits per heavy atom. The van der Waals surface area contributed by atoms with Gasteiger partial charge in [0.05, 0.1) is 0 Å². The molecule has 1 heterocycles. The summed E-state index contributed by atoms with van der Waals surface area (Å²) in [5.74, 6) is 0. The maximum atomic E-state index is 2.67. The summed E-state index contributed by atoms with van der Waals surface area (Å²) in [6, 6.07) is 5.26. The van der Waals surface area contributed by atoms with Gasteiger partial charge in [-0.05, 0) is 97.5 Å². The van der Waals surface area contributed by atoms with Crippen LogP contribution in [0.2, 0.25) is 0 Å². The second kappa shape index (κ2) is 15.5. The Kier molecular flexibility index (Phi) is 13.4. The number of hydrogen-bond acceptors (Lipinski definition) is 0. The van der Waals surface area contributed by atoms with Gasteiger partial charge in [-0.1, -0.05) is 99.6 Å². The van der Waals surface area contributed by atoms with Crippen molar-refractivity contribution in [3.8, 4) is 0 Å². The van der Waals surface area contributed by atoms with Gasteiger partial charge in [0.25, 0.3) is 0 Å². The van der Waals surface area contributed by atoms with Crippen LogP contribution in [0.1, 0.15) is 141 Å². The summed E-state index contributed by atoms with van der Waals surface area (Å²) in [7, 11) is 0.0159. The quantitative estimate of drug-likeness (QED) is 0.223. The fourth-order valence-corrected chi connectivity index (χ4v) is 9.63. The minimum atomic E-state index is 0.0159. The lowest BCUT2D eigenvalue weighted by molar-refractivity contribution is 0.618. The van der Waals surface area contributed by atoms with Crippen LogP contribution in [0.15, 0.2) is 12.1 Å². The van der Waals surface area contributed by atoms with Crippen molar-refractivity contribution in [2.75, 3.05) is 0 Å². The van der Waals surface area contributed by atoms with Gasteiger partial charge in [0.1, 0.15) is 0 Å². The maximum Gasteiger partial charge on any atom is -0.0166 e. The smallest absolute Gasteiger partial charge is 0.0166 e. The molecular formula is C30H53P. The van der Waals surface area contributed by atoms with E-state index in [0.717, 1.165) is 11.3 Å². The largest absolute Gasteiger partial charge is 0.0686 e. The van der Waals surface area contributed by atoms with Crippen molar-refractivity contribution in [3.63, 3.8) is 0 Å². The van der Waals surface area contributed by atoms with Crippen LogP contribution in [0.4, 0.5) is 0 Å². The average Bonchev–Trinajstić information content (AvgIpc) is 3.19. The third-order valence-corrected chi connectivity index (χ3v) is 11.1. The third-order valence-electron chi connectivity index (χ3n) is 7.54. The molecule has 2 rings (SSSR count). The molecule has 1 heteroatoms. The zero-order valence-electron chi connectivity index (χ0n) is 21.8. The topological polar surface area (TPSA) is 0 Å². The van der Waals surface area contributed by atoms with Gasteiger partial charge >= 0.3 is 0 Å². The molecule has 0 bridgehead atoms. The van der Waals surface area contributed by atoms with Crippen molar-refractivity contribution >= 4 is 13.2 Å². The average molecular weight is 445 g/mol. The molecule has 1 fully saturated rings. The summed E-state index contributed by atoms with van der Waals surface area (Å²) in [5.41, 5.74) is 7.35. The molecule has 0 aromatic heterocycles. The highest BCUT2D eigenvalue weighted by atomic mass is 31.1. The van der Waals surface area contributed by atoms with E-state index in [9.17, 15) is 0 Å². The van der Waals surface area contributed by atoms with E-state index < -0.39 is 0 Å². The van der Waals surface area contributed by atoms with E-state index in [1.54, 1.807) is 11.1 Å². The molecular weight excluding hydrogens is 391 g/mol. The number of rotatable bonds is 16. The fourth-order valence-electron chi connectivity index (χ4n) is 5.67. The summed E-state index contributed by atoms with van der Waals surface area (Å²) in [6.07, 6.45) is 23.6. The first-order valence-electron chi connectivity index (χ1n) is 14.1. The summed E-state index contributed by atoms with van der Waals surface area (Å²) in [5, 5.41) is 1.87. The fraction of sp³-hybridized carbons (Fsp3) is 0.800. The first-order chi connectivity index (χ1) is 15.2. The molecule has 1 aromatic rings. The zero-order chi connectivity index (χ0) is 22.5. The van der Waals surface area contributed by atoms with Crippen LogP contribution < -0.4 is 5.30 Å². The first-order valence-corrected chi connectivity index (χ1v) is 15.6. The zero-order valence-corrected chi connectivity index (χ0v) is 22.7. The molecule has 1 aromatic carbocycles. The first kappa shape index (κ1) is 26.9. The van der Waals surface area contributed by atoms with E-state index >= 15 is 0 Å². The lowest BCUT2D eigenvalue weighted by Gasteiger charge is -2.31. The molecule has 0 spiro atoms. The van der Waals surface area contributed by atoms with Crippen LogP contribution in [0.3, 0.4) is 0 Å². The standard InChI is InChI=1S/C30H53P/c1-6-11-16-25-21-24-30(29(20-15-10-5)28(25)19-14-9-4)31-26(17-12-7-2)22-23-27(31)18-13-8-3/h21,24,26-27H,6-20,22-23H2,1-5H3.